The van der Waals surface area contributed by atoms with Crippen molar-refractivity contribution in [1.29, 1.82) is 0 Å². The highest BCUT2D eigenvalue weighted by molar-refractivity contribution is 7.14. The van der Waals surface area contributed by atoms with E-state index in [1.165, 1.54) is 11.3 Å². The van der Waals surface area contributed by atoms with Crippen LogP contribution in [0.15, 0.2) is 40.1 Å². The number of hydrogen-bond acceptors (Lipinski definition) is 7. The molecule has 0 saturated heterocycles. The molecule has 0 fully saturated rings. The summed E-state index contributed by atoms with van der Waals surface area (Å²) in [4.78, 5) is 17.0. The van der Waals surface area contributed by atoms with Crippen LogP contribution in [0, 0.1) is 6.92 Å². The molecular formula is C15H10N4O2S2. The molecule has 23 heavy (non-hydrogen) atoms. The lowest BCUT2D eigenvalue weighted by atomic mass is 10.2. The number of nitrogens with one attached hydrogen (secondary N) is 1. The van der Waals surface area contributed by atoms with Crippen LogP contribution in [0.5, 0.6) is 0 Å². The van der Waals surface area contributed by atoms with E-state index in [1.807, 2.05) is 35.7 Å². The average Bonchev–Trinajstić information content (AvgIpc) is 3.25. The molecule has 1 amide bonds. The van der Waals surface area contributed by atoms with Crippen molar-refractivity contribution in [2.24, 2.45) is 0 Å². The zero-order valence-corrected chi connectivity index (χ0v) is 13.6. The monoisotopic (exact) mass is 342 g/mol. The fourth-order valence-corrected chi connectivity index (χ4v) is 3.39. The summed E-state index contributed by atoms with van der Waals surface area (Å²) >= 11 is 2.41. The summed E-state index contributed by atoms with van der Waals surface area (Å²) in [5.41, 5.74) is 2.12. The van der Waals surface area contributed by atoms with Gasteiger partial charge in [-0.15, -0.1) is 16.4 Å². The van der Waals surface area contributed by atoms with Gasteiger partial charge in [0.2, 0.25) is 0 Å². The van der Waals surface area contributed by atoms with Crippen molar-refractivity contribution in [3.8, 4) is 11.5 Å². The molecule has 0 atom stereocenters. The standard InChI is InChI=1S/C15H10N4O2S2/c1-8-13(23-19-18-8)14(20)17-15-16-10(7-22-15)12-6-9-4-2-3-5-11(9)21-12/h2-7H,1H3,(H,16,17,20). The molecule has 6 nitrogen and oxygen atoms in total. The predicted octanol–water partition coefficient (Wildman–Crippen LogP) is 3.97. The Morgan fingerprint density at radius 3 is 2.96 bits per heavy atom. The van der Waals surface area contributed by atoms with Crippen LogP contribution < -0.4 is 5.32 Å². The topological polar surface area (TPSA) is 80.9 Å². The third kappa shape index (κ3) is 2.62. The molecule has 3 heterocycles. The van der Waals surface area contributed by atoms with Crippen molar-refractivity contribution in [3.05, 3.63) is 46.3 Å². The summed E-state index contributed by atoms with van der Waals surface area (Å²) in [5.74, 6) is 0.432. The summed E-state index contributed by atoms with van der Waals surface area (Å²) in [5, 5.41) is 9.98. The summed E-state index contributed by atoms with van der Waals surface area (Å²) in [7, 11) is 0. The molecule has 0 radical (unpaired) electrons. The lowest BCUT2D eigenvalue weighted by Crippen LogP contribution is -2.11. The molecule has 1 N–H and O–H groups in total. The van der Waals surface area contributed by atoms with Crippen LogP contribution in [-0.2, 0) is 0 Å². The number of thiazole rings is 1. The molecule has 1 aromatic carbocycles. The molecule has 0 aliphatic carbocycles. The highest BCUT2D eigenvalue weighted by Gasteiger charge is 2.16. The first-order valence-corrected chi connectivity index (χ1v) is 8.41. The molecule has 4 rings (SSSR count). The number of aryl methyl sites for hydroxylation is 1. The number of amides is 1. The zero-order valence-electron chi connectivity index (χ0n) is 11.9. The van der Waals surface area contributed by atoms with Gasteiger partial charge in [0, 0.05) is 10.8 Å². The summed E-state index contributed by atoms with van der Waals surface area (Å²) < 4.78 is 9.54. The van der Waals surface area contributed by atoms with Gasteiger partial charge in [-0.25, -0.2) is 4.98 Å². The van der Waals surface area contributed by atoms with E-state index in [1.54, 1.807) is 6.92 Å². The molecular weight excluding hydrogens is 332 g/mol. The normalized spacial score (nSPS) is 11.0. The van der Waals surface area contributed by atoms with Crippen LogP contribution in [0.1, 0.15) is 15.4 Å². The Hall–Kier alpha value is -2.58. The maximum Gasteiger partial charge on any atom is 0.271 e. The third-order valence-electron chi connectivity index (χ3n) is 3.26. The van der Waals surface area contributed by atoms with E-state index >= 15 is 0 Å². The Balaban J connectivity index is 1.59. The van der Waals surface area contributed by atoms with Crippen LogP contribution in [0.4, 0.5) is 5.13 Å². The van der Waals surface area contributed by atoms with Gasteiger partial charge in [0.15, 0.2) is 10.9 Å². The van der Waals surface area contributed by atoms with Crippen molar-refractivity contribution >= 4 is 44.9 Å². The van der Waals surface area contributed by atoms with Gasteiger partial charge in [-0.3, -0.25) is 10.1 Å². The molecule has 0 unspecified atom stereocenters. The van der Waals surface area contributed by atoms with Crippen LogP contribution >= 0.6 is 22.9 Å². The quantitative estimate of drug-likeness (QED) is 0.609. The fourth-order valence-electron chi connectivity index (χ4n) is 2.15. The highest BCUT2D eigenvalue weighted by atomic mass is 32.1. The molecule has 3 aromatic heterocycles. The number of nitrogens with zero attached hydrogens (tertiary/aromatic N) is 3. The number of aromatic nitrogens is 3. The van der Waals surface area contributed by atoms with E-state index in [2.05, 4.69) is 19.9 Å². The van der Waals surface area contributed by atoms with Crippen molar-refractivity contribution in [2.45, 2.75) is 6.92 Å². The molecule has 0 bridgehead atoms. The minimum atomic E-state index is -0.247. The van der Waals surface area contributed by atoms with Crippen molar-refractivity contribution < 1.29 is 9.21 Å². The molecule has 0 spiro atoms. The van der Waals surface area contributed by atoms with Gasteiger partial charge in [-0.05, 0) is 30.6 Å². The lowest BCUT2D eigenvalue weighted by molar-refractivity contribution is 0.103. The van der Waals surface area contributed by atoms with Gasteiger partial charge < -0.3 is 4.42 Å². The number of benzene rings is 1. The molecule has 0 aliphatic rings. The summed E-state index contributed by atoms with van der Waals surface area (Å²) in [6, 6.07) is 9.71. The Labute approximate surface area is 139 Å². The van der Waals surface area contributed by atoms with Gasteiger partial charge in [-0.1, -0.05) is 22.7 Å². The Morgan fingerprint density at radius 2 is 2.17 bits per heavy atom. The SMILES string of the molecule is Cc1nnsc1C(=O)Nc1nc(-c2cc3ccccc3o2)cs1. The highest BCUT2D eigenvalue weighted by Crippen LogP contribution is 2.30. The summed E-state index contributed by atoms with van der Waals surface area (Å²) in [6.07, 6.45) is 0. The number of carbonyl (C=O) groups excluding carboxylic acids is 1. The molecule has 114 valence electrons. The second-order valence-electron chi connectivity index (χ2n) is 4.83. The third-order valence-corrected chi connectivity index (χ3v) is 4.84. The van der Waals surface area contributed by atoms with E-state index in [4.69, 9.17) is 4.42 Å². The number of carbonyl (C=O) groups is 1. The van der Waals surface area contributed by atoms with E-state index in [0.717, 1.165) is 22.5 Å². The second kappa shape index (κ2) is 5.56. The van der Waals surface area contributed by atoms with Crippen LogP contribution in [0.25, 0.3) is 22.4 Å². The first-order chi connectivity index (χ1) is 11.2. The van der Waals surface area contributed by atoms with Gasteiger partial charge in [0.1, 0.15) is 16.2 Å². The van der Waals surface area contributed by atoms with Gasteiger partial charge in [0.05, 0.1) is 5.69 Å². The van der Waals surface area contributed by atoms with Gasteiger partial charge in [-0.2, -0.15) is 0 Å². The Bertz CT molecular complexity index is 969. The lowest BCUT2D eigenvalue weighted by Gasteiger charge is -1.97. The van der Waals surface area contributed by atoms with Gasteiger partial charge in [0.25, 0.3) is 5.91 Å². The van der Waals surface area contributed by atoms with E-state index in [0.29, 0.717) is 27.2 Å². The second-order valence-corrected chi connectivity index (χ2v) is 6.44. The number of furan rings is 1. The molecule has 0 aliphatic heterocycles. The number of fused-ring (bicyclic) bond motifs is 1. The average molecular weight is 342 g/mol. The largest absolute Gasteiger partial charge is 0.454 e. The predicted molar refractivity (Wildman–Crippen MR) is 89.9 cm³/mol. The zero-order chi connectivity index (χ0) is 15.8. The molecule has 0 saturated carbocycles. The number of rotatable bonds is 3. The fraction of sp³-hybridized carbons (Fsp3) is 0.0667. The Kier molecular flexibility index (Phi) is 3.40. The Morgan fingerprint density at radius 1 is 1.30 bits per heavy atom. The maximum atomic E-state index is 12.1. The van der Waals surface area contributed by atoms with Crippen LogP contribution in [0.3, 0.4) is 0 Å². The van der Waals surface area contributed by atoms with E-state index < -0.39 is 0 Å². The molecule has 8 heteroatoms. The first-order valence-electron chi connectivity index (χ1n) is 6.75. The minimum Gasteiger partial charge on any atom is -0.454 e. The summed E-state index contributed by atoms with van der Waals surface area (Å²) in [6.45, 7) is 1.75. The molecule has 4 aromatic rings. The number of para-hydroxylation sites is 1. The maximum absolute atomic E-state index is 12.1. The van der Waals surface area contributed by atoms with Gasteiger partial charge >= 0.3 is 0 Å². The number of anilines is 1. The van der Waals surface area contributed by atoms with Crippen molar-refractivity contribution in [3.63, 3.8) is 0 Å². The number of hydrogen-bond donors (Lipinski definition) is 1. The van der Waals surface area contributed by atoms with E-state index in [9.17, 15) is 4.79 Å². The van der Waals surface area contributed by atoms with Crippen LogP contribution in [-0.4, -0.2) is 20.5 Å². The van der Waals surface area contributed by atoms with Crippen molar-refractivity contribution in [2.75, 3.05) is 5.32 Å². The first kappa shape index (κ1) is 14.0. The van der Waals surface area contributed by atoms with E-state index in [-0.39, 0.29) is 5.91 Å². The minimum absolute atomic E-state index is 0.247. The van der Waals surface area contributed by atoms with Crippen molar-refractivity contribution in [1.82, 2.24) is 14.6 Å². The van der Waals surface area contributed by atoms with Crippen LogP contribution in [0.2, 0.25) is 0 Å². The smallest absolute Gasteiger partial charge is 0.271 e.